The lowest BCUT2D eigenvalue weighted by Gasteiger charge is -2.10. The van der Waals surface area contributed by atoms with Gasteiger partial charge in [-0.15, -0.1) is 0 Å². The molecule has 1 aromatic carbocycles. The molecule has 0 saturated carbocycles. The molecule has 0 amide bonds. The van der Waals surface area contributed by atoms with Gasteiger partial charge in [0.15, 0.2) is 0 Å². The summed E-state index contributed by atoms with van der Waals surface area (Å²) in [5, 5.41) is 16.2. The van der Waals surface area contributed by atoms with Crippen LogP contribution in [0.15, 0.2) is 33.3 Å². The van der Waals surface area contributed by atoms with Gasteiger partial charge in [-0.25, -0.2) is 4.79 Å². The van der Waals surface area contributed by atoms with E-state index in [0.717, 1.165) is 14.6 Å². The molecule has 0 unspecified atom stereocenters. The summed E-state index contributed by atoms with van der Waals surface area (Å²) < 4.78 is 3.43. The van der Waals surface area contributed by atoms with Crippen LogP contribution in [0.1, 0.15) is 16.1 Å². The SMILES string of the molecule is Cn1ncc(C(=O)O)c1CNc1ccc(Br)cc1Br. The Kier molecular flexibility index (Phi) is 4.26. The van der Waals surface area contributed by atoms with E-state index in [0.29, 0.717) is 12.2 Å². The van der Waals surface area contributed by atoms with Gasteiger partial charge in [-0.3, -0.25) is 4.68 Å². The predicted octanol–water partition coefficient (Wildman–Crippen LogP) is 3.26. The third-order valence-electron chi connectivity index (χ3n) is 2.67. The molecular formula is C12H11Br2N3O2. The van der Waals surface area contributed by atoms with E-state index < -0.39 is 5.97 Å². The van der Waals surface area contributed by atoms with Crippen molar-refractivity contribution in [2.45, 2.75) is 6.54 Å². The number of hydrogen-bond acceptors (Lipinski definition) is 3. The van der Waals surface area contributed by atoms with Crippen LogP contribution >= 0.6 is 31.9 Å². The van der Waals surface area contributed by atoms with Crippen molar-refractivity contribution < 1.29 is 9.90 Å². The minimum absolute atomic E-state index is 0.211. The molecule has 0 aliphatic rings. The van der Waals surface area contributed by atoms with Crippen LogP contribution in [0.25, 0.3) is 0 Å². The first kappa shape index (κ1) is 14.1. The fourth-order valence-electron chi connectivity index (χ4n) is 1.66. The molecule has 1 heterocycles. The molecule has 1 aromatic heterocycles. The number of rotatable bonds is 4. The molecule has 0 saturated heterocycles. The third kappa shape index (κ3) is 3.16. The maximum Gasteiger partial charge on any atom is 0.339 e. The fraction of sp³-hybridized carbons (Fsp3) is 0.167. The molecular weight excluding hydrogens is 378 g/mol. The highest BCUT2D eigenvalue weighted by atomic mass is 79.9. The van der Waals surface area contributed by atoms with Crippen molar-refractivity contribution in [3.8, 4) is 0 Å². The molecule has 100 valence electrons. The van der Waals surface area contributed by atoms with E-state index in [1.54, 1.807) is 11.7 Å². The van der Waals surface area contributed by atoms with E-state index in [9.17, 15) is 4.79 Å². The summed E-state index contributed by atoms with van der Waals surface area (Å²) in [6.45, 7) is 0.387. The third-order valence-corrected chi connectivity index (χ3v) is 3.82. The van der Waals surface area contributed by atoms with E-state index in [1.807, 2.05) is 18.2 Å². The first-order chi connectivity index (χ1) is 8.99. The van der Waals surface area contributed by atoms with Crippen LogP contribution in [-0.4, -0.2) is 20.9 Å². The lowest BCUT2D eigenvalue weighted by atomic mass is 10.2. The van der Waals surface area contributed by atoms with Gasteiger partial charge < -0.3 is 10.4 Å². The second-order valence-electron chi connectivity index (χ2n) is 3.91. The van der Waals surface area contributed by atoms with Crippen molar-refractivity contribution in [2.75, 3.05) is 5.32 Å². The van der Waals surface area contributed by atoms with Gasteiger partial charge >= 0.3 is 5.97 Å². The molecule has 2 rings (SSSR count). The molecule has 0 fully saturated rings. The average molecular weight is 389 g/mol. The minimum Gasteiger partial charge on any atom is -0.478 e. The monoisotopic (exact) mass is 387 g/mol. The molecule has 0 atom stereocenters. The summed E-state index contributed by atoms with van der Waals surface area (Å²) in [6.07, 6.45) is 1.36. The number of halogens is 2. The number of carboxylic acid groups (broad SMARTS) is 1. The number of nitrogens with zero attached hydrogens (tertiary/aromatic N) is 2. The Labute approximate surface area is 126 Å². The lowest BCUT2D eigenvalue weighted by molar-refractivity contribution is 0.0695. The topological polar surface area (TPSA) is 67.2 Å². The van der Waals surface area contributed by atoms with E-state index in [4.69, 9.17) is 5.11 Å². The van der Waals surface area contributed by atoms with E-state index in [1.165, 1.54) is 6.20 Å². The number of aryl methyl sites for hydroxylation is 1. The van der Waals surface area contributed by atoms with Gasteiger partial charge in [-0.1, -0.05) is 15.9 Å². The summed E-state index contributed by atoms with van der Waals surface area (Å²) in [7, 11) is 1.72. The summed E-state index contributed by atoms with van der Waals surface area (Å²) in [5.41, 5.74) is 1.73. The maximum absolute atomic E-state index is 11.1. The van der Waals surface area contributed by atoms with Crippen LogP contribution in [0.2, 0.25) is 0 Å². The molecule has 2 N–H and O–H groups in total. The number of benzene rings is 1. The van der Waals surface area contributed by atoms with Gasteiger partial charge in [-0.2, -0.15) is 5.10 Å². The van der Waals surface area contributed by atoms with Crippen molar-refractivity contribution in [1.82, 2.24) is 9.78 Å². The molecule has 19 heavy (non-hydrogen) atoms. The molecule has 0 radical (unpaired) electrons. The Morgan fingerprint density at radius 1 is 1.47 bits per heavy atom. The smallest absolute Gasteiger partial charge is 0.339 e. The lowest BCUT2D eigenvalue weighted by Crippen LogP contribution is -2.10. The predicted molar refractivity (Wildman–Crippen MR) is 79.3 cm³/mol. The zero-order valence-electron chi connectivity index (χ0n) is 10.0. The van der Waals surface area contributed by atoms with Gasteiger partial charge in [-0.05, 0) is 34.1 Å². The fourth-order valence-corrected chi connectivity index (χ4v) is 2.85. The van der Waals surface area contributed by atoms with Crippen molar-refractivity contribution in [3.05, 3.63) is 44.6 Å². The van der Waals surface area contributed by atoms with Crippen LogP contribution in [0.5, 0.6) is 0 Å². The summed E-state index contributed by atoms with van der Waals surface area (Å²) in [4.78, 5) is 11.1. The highest BCUT2D eigenvalue weighted by Gasteiger charge is 2.14. The Balaban J connectivity index is 2.19. The largest absolute Gasteiger partial charge is 0.478 e. The van der Waals surface area contributed by atoms with Crippen LogP contribution in [0.3, 0.4) is 0 Å². The number of nitrogens with one attached hydrogen (secondary N) is 1. The number of aromatic nitrogens is 2. The average Bonchev–Trinajstić information content (AvgIpc) is 2.70. The second-order valence-corrected chi connectivity index (χ2v) is 5.68. The highest BCUT2D eigenvalue weighted by molar-refractivity contribution is 9.11. The quantitative estimate of drug-likeness (QED) is 0.843. The van der Waals surface area contributed by atoms with Crippen molar-refractivity contribution in [1.29, 1.82) is 0 Å². The first-order valence-electron chi connectivity index (χ1n) is 5.42. The summed E-state index contributed by atoms with van der Waals surface area (Å²) in [6, 6.07) is 5.74. The number of anilines is 1. The molecule has 5 nitrogen and oxygen atoms in total. The van der Waals surface area contributed by atoms with Crippen molar-refractivity contribution >= 4 is 43.5 Å². The van der Waals surface area contributed by atoms with E-state index in [-0.39, 0.29) is 5.56 Å². The number of carboxylic acids is 1. The van der Waals surface area contributed by atoms with Crippen molar-refractivity contribution in [3.63, 3.8) is 0 Å². The van der Waals surface area contributed by atoms with Crippen LogP contribution in [0.4, 0.5) is 5.69 Å². The molecule has 0 aliphatic carbocycles. The Hall–Kier alpha value is -1.34. The highest BCUT2D eigenvalue weighted by Crippen LogP contribution is 2.26. The normalized spacial score (nSPS) is 10.5. The summed E-state index contributed by atoms with van der Waals surface area (Å²) in [5.74, 6) is -0.972. The molecule has 0 bridgehead atoms. The summed E-state index contributed by atoms with van der Waals surface area (Å²) >= 11 is 6.82. The van der Waals surface area contributed by atoms with Gasteiger partial charge in [0.2, 0.25) is 0 Å². The molecule has 0 aliphatic heterocycles. The Bertz CT molecular complexity index is 625. The molecule has 0 spiro atoms. The molecule has 2 aromatic rings. The Morgan fingerprint density at radius 3 is 2.84 bits per heavy atom. The standard InChI is InChI=1S/C12H11Br2N3O2/c1-17-11(8(5-16-17)12(18)19)6-15-10-3-2-7(13)4-9(10)14/h2-5,15H,6H2,1H3,(H,18,19). The first-order valence-corrected chi connectivity index (χ1v) is 7.00. The number of hydrogen-bond donors (Lipinski definition) is 2. The second kappa shape index (κ2) is 5.75. The van der Waals surface area contributed by atoms with Gasteiger partial charge in [0.25, 0.3) is 0 Å². The van der Waals surface area contributed by atoms with E-state index >= 15 is 0 Å². The van der Waals surface area contributed by atoms with Crippen LogP contribution in [0, 0.1) is 0 Å². The van der Waals surface area contributed by atoms with Gasteiger partial charge in [0.05, 0.1) is 18.4 Å². The van der Waals surface area contributed by atoms with Gasteiger partial charge in [0.1, 0.15) is 5.56 Å². The number of aromatic carboxylic acids is 1. The zero-order chi connectivity index (χ0) is 14.0. The van der Waals surface area contributed by atoms with E-state index in [2.05, 4.69) is 42.3 Å². The Morgan fingerprint density at radius 2 is 2.21 bits per heavy atom. The minimum atomic E-state index is -0.972. The molecule has 7 heteroatoms. The van der Waals surface area contributed by atoms with Gasteiger partial charge in [0, 0.05) is 21.7 Å². The van der Waals surface area contributed by atoms with Crippen LogP contribution in [-0.2, 0) is 13.6 Å². The maximum atomic E-state index is 11.1. The van der Waals surface area contributed by atoms with Crippen LogP contribution < -0.4 is 5.32 Å². The number of carbonyl (C=O) groups is 1. The zero-order valence-corrected chi connectivity index (χ0v) is 13.2. The van der Waals surface area contributed by atoms with Crippen molar-refractivity contribution in [2.24, 2.45) is 7.05 Å².